The Balaban J connectivity index is 1.90. The molecule has 3 rings (SSSR count). The van der Waals surface area contributed by atoms with E-state index in [9.17, 15) is 10.1 Å². The fourth-order valence-corrected chi connectivity index (χ4v) is 3.62. The van der Waals surface area contributed by atoms with Gasteiger partial charge in [-0.2, -0.15) is 5.26 Å². The van der Waals surface area contributed by atoms with E-state index in [4.69, 9.17) is 11.6 Å². The van der Waals surface area contributed by atoms with Gasteiger partial charge in [0.1, 0.15) is 11.6 Å². The highest BCUT2D eigenvalue weighted by Gasteiger charge is 2.13. The maximum absolute atomic E-state index is 12.7. The van der Waals surface area contributed by atoms with Crippen molar-refractivity contribution in [1.29, 1.82) is 5.26 Å². The monoisotopic (exact) mass is 414 g/mol. The number of nitrogens with one attached hydrogen (secondary N) is 1. The summed E-state index contributed by atoms with van der Waals surface area (Å²) in [6.07, 6.45) is 2.37. The molecule has 0 aliphatic rings. The van der Waals surface area contributed by atoms with Crippen molar-refractivity contribution in [3.05, 3.63) is 105 Å². The maximum Gasteiger partial charge on any atom is 0.266 e. The van der Waals surface area contributed by atoms with Crippen LogP contribution < -0.4 is 5.32 Å². The summed E-state index contributed by atoms with van der Waals surface area (Å²) in [5.41, 5.74) is 7.05. The Morgan fingerprint density at radius 1 is 1.03 bits per heavy atom. The van der Waals surface area contributed by atoms with Gasteiger partial charge in [-0.1, -0.05) is 71.3 Å². The number of benzene rings is 3. The molecule has 3 nitrogen and oxygen atoms in total. The summed E-state index contributed by atoms with van der Waals surface area (Å²) in [6.45, 7) is 6.04. The molecule has 0 fully saturated rings. The number of carbonyl (C=O) groups is 1. The smallest absolute Gasteiger partial charge is 0.266 e. The van der Waals surface area contributed by atoms with Crippen molar-refractivity contribution in [3.8, 4) is 6.07 Å². The van der Waals surface area contributed by atoms with E-state index in [2.05, 4.69) is 37.4 Å². The van der Waals surface area contributed by atoms with E-state index in [-0.39, 0.29) is 5.57 Å². The van der Waals surface area contributed by atoms with Crippen LogP contribution in [0.1, 0.15) is 33.4 Å². The average Bonchev–Trinajstić information content (AvgIpc) is 2.69. The van der Waals surface area contributed by atoms with Crippen molar-refractivity contribution >= 4 is 29.3 Å². The lowest BCUT2D eigenvalue weighted by atomic mass is 9.96. The summed E-state index contributed by atoms with van der Waals surface area (Å²) >= 11 is 6.03. The van der Waals surface area contributed by atoms with E-state index in [1.54, 1.807) is 18.2 Å². The van der Waals surface area contributed by atoms with Gasteiger partial charge in [-0.25, -0.2) is 0 Å². The Hall–Kier alpha value is -3.35. The minimum Gasteiger partial charge on any atom is -0.321 e. The van der Waals surface area contributed by atoms with Crippen LogP contribution in [0.25, 0.3) is 6.08 Å². The number of carbonyl (C=O) groups excluding carboxylic acids is 1. The van der Waals surface area contributed by atoms with Gasteiger partial charge in [0.2, 0.25) is 0 Å². The van der Waals surface area contributed by atoms with Crippen molar-refractivity contribution in [2.75, 3.05) is 5.32 Å². The molecule has 0 spiro atoms. The third kappa shape index (κ3) is 5.37. The fraction of sp³-hybridized carbons (Fsp3) is 0.154. The number of hydrogen-bond donors (Lipinski definition) is 1. The van der Waals surface area contributed by atoms with E-state index in [1.807, 2.05) is 43.3 Å². The third-order valence-corrected chi connectivity index (χ3v) is 5.08. The number of aryl methyl sites for hydroxylation is 3. The summed E-state index contributed by atoms with van der Waals surface area (Å²) in [5, 5.41) is 12.9. The summed E-state index contributed by atoms with van der Waals surface area (Å²) in [5.74, 6) is -0.455. The van der Waals surface area contributed by atoms with Gasteiger partial charge in [-0.3, -0.25) is 4.79 Å². The molecule has 0 saturated carbocycles. The highest BCUT2D eigenvalue weighted by Crippen LogP contribution is 2.22. The van der Waals surface area contributed by atoms with E-state index >= 15 is 0 Å². The molecule has 0 radical (unpaired) electrons. The molecule has 3 aromatic carbocycles. The minimum atomic E-state index is -0.455. The normalized spacial score (nSPS) is 11.1. The van der Waals surface area contributed by atoms with Gasteiger partial charge >= 0.3 is 0 Å². The second-order valence-electron chi connectivity index (χ2n) is 7.45. The Bertz CT molecular complexity index is 1150. The Labute approximate surface area is 182 Å². The lowest BCUT2D eigenvalue weighted by Gasteiger charge is -2.10. The summed E-state index contributed by atoms with van der Waals surface area (Å²) < 4.78 is 0. The molecular formula is C26H23ClN2O. The summed E-state index contributed by atoms with van der Waals surface area (Å²) in [6, 6.07) is 21.6. The number of amides is 1. The predicted octanol–water partition coefficient (Wildman–Crippen LogP) is 6.40. The molecule has 0 atom stereocenters. The fourth-order valence-electron chi connectivity index (χ4n) is 3.45. The predicted molar refractivity (Wildman–Crippen MR) is 124 cm³/mol. The second kappa shape index (κ2) is 9.43. The topological polar surface area (TPSA) is 52.9 Å². The zero-order chi connectivity index (χ0) is 21.7. The van der Waals surface area contributed by atoms with Crippen LogP contribution in [0.3, 0.4) is 0 Å². The largest absolute Gasteiger partial charge is 0.321 e. The first-order valence-corrected chi connectivity index (χ1v) is 10.1. The Morgan fingerprint density at radius 3 is 2.43 bits per heavy atom. The minimum absolute atomic E-state index is 0.0437. The van der Waals surface area contributed by atoms with E-state index in [1.165, 1.54) is 16.7 Å². The third-order valence-electron chi connectivity index (χ3n) is 4.84. The van der Waals surface area contributed by atoms with Crippen LogP contribution >= 0.6 is 11.6 Å². The Morgan fingerprint density at radius 2 is 1.73 bits per heavy atom. The van der Waals surface area contributed by atoms with Gasteiger partial charge in [-0.05, 0) is 67.7 Å². The zero-order valence-corrected chi connectivity index (χ0v) is 18.0. The van der Waals surface area contributed by atoms with Crippen molar-refractivity contribution in [3.63, 3.8) is 0 Å². The molecule has 3 aromatic rings. The van der Waals surface area contributed by atoms with Crippen LogP contribution in [0.5, 0.6) is 0 Å². The molecule has 0 heterocycles. The van der Waals surface area contributed by atoms with E-state index < -0.39 is 5.91 Å². The number of nitriles is 1. The van der Waals surface area contributed by atoms with Crippen LogP contribution in [0.2, 0.25) is 5.02 Å². The highest BCUT2D eigenvalue weighted by atomic mass is 35.5. The van der Waals surface area contributed by atoms with Gasteiger partial charge in [0.05, 0.1) is 0 Å². The molecule has 0 saturated heterocycles. The van der Waals surface area contributed by atoms with E-state index in [0.717, 1.165) is 23.1 Å². The highest BCUT2D eigenvalue weighted by molar-refractivity contribution is 6.31. The van der Waals surface area contributed by atoms with Gasteiger partial charge in [0.25, 0.3) is 5.91 Å². The molecule has 0 aliphatic heterocycles. The molecule has 0 aliphatic carbocycles. The van der Waals surface area contributed by atoms with Gasteiger partial charge < -0.3 is 5.32 Å². The van der Waals surface area contributed by atoms with Gasteiger partial charge in [-0.15, -0.1) is 0 Å². The molecule has 1 amide bonds. The Kier molecular flexibility index (Phi) is 6.72. The molecule has 150 valence electrons. The molecular weight excluding hydrogens is 392 g/mol. The summed E-state index contributed by atoms with van der Waals surface area (Å²) in [4.78, 5) is 12.7. The van der Waals surface area contributed by atoms with Crippen LogP contribution in [-0.2, 0) is 11.2 Å². The SMILES string of the molecule is Cc1cc(C)cc(Cc2ccccc2/C=C(\C#N)C(=O)Nc2cc(Cl)ccc2C)c1. The first-order valence-electron chi connectivity index (χ1n) is 9.70. The zero-order valence-electron chi connectivity index (χ0n) is 17.3. The van der Waals surface area contributed by atoms with Crippen LogP contribution in [0.15, 0.2) is 66.2 Å². The molecule has 30 heavy (non-hydrogen) atoms. The number of anilines is 1. The van der Waals surface area contributed by atoms with Crippen molar-refractivity contribution in [1.82, 2.24) is 0 Å². The average molecular weight is 415 g/mol. The standard InChI is InChI=1S/C26H23ClN2O/c1-17-10-18(2)12-20(11-17)13-21-6-4-5-7-22(21)14-23(16-28)26(30)29-25-15-24(27)9-8-19(25)3/h4-12,14-15H,13H2,1-3H3,(H,29,30)/b23-14+. The molecule has 0 unspecified atom stereocenters. The number of hydrogen-bond acceptors (Lipinski definition) is 2. The number of rotatable bonds is 5. The summed E-state index contributed by atoms with van der Waals surface area (Å²) in [7, 11) is 0. The lowest BCUT2D eigenvalue weighted by Crippen LogP contribution is -2.14. The van der Waals surface area contributed by atoms with Crippen LogP contribution in [0.4, 0.5) is 5.69 Å². The first-order chi connectivity index (χ1) is 14.4. The van der Waals surface area contributed by atoms with Crippen LogP contribution in [0, 0.1) is 32.1 Å². The van der Waals surface area contributed by atoms with E-state index in [0.29, 0.717) is 10.7 Å². The quantitative estimate of drug-likeness (QED) is 0.387. The molecule has 0 aromatic heterocycles. The second-order valence-corrected chi connectivity index (χ2v) is 7.89. The molecule has 0 bridgehead atoms. The first kappa shape index (κ1) is 21.4. The molecule has 1 N–H and O–H groups in total. The van der Waals surface area contributed by atoms with Crippen LogP contribution in [-0.4, -0.2) is 5.91 Å². The number of halogens is 1. The lowest BCUT2D eigenvalue weighted by molar-refractivity contribution is -0.112. The number of nitrogens with zero attached hydrogens (tertiary/aromatic N) is 1. The van der Waals surface area contributed by atoms with Gasteiger partial charge in [0, 0.05) is 10.7 Å². The van der Waals surface area contributed by atoms with Crippen molar-refractivity contribution in [2.45, 2.75) is 27.2 Å². The van der Waals surface area contributed by atoms with Gasteiger partial charge in [0.15, 0.2) is 0 Å². The molecule has 4 heteroatoms. The maximum atomic E-state index is 12.7. The van der Waals surface area contributed by atoms with Crippen molar-refractivity contribution in [2.24, 2.45) is 0 Å². The van der Waals surface area contributed by atoms with Crippen molar-refractivity contribution < 1.29 is 4.79 Å².